The molecule has 1 amide bonds. The first-order valence-corrected chi connectivity index (χ1v) is 7.34. The molecule has 112 valence electrons. The second-order valence-corrected chi connectivity index (χ2v) is 5.51. The lowest BCUT2D eigenvalue weighted by molar-refractivity contribution is 0.0940. The highest BCUT2D eigenvalue weighted by atomic mass is 16.1. The molecule has 0 unspecified atom stereocenters. The lowest BCUT2D eigenvalue weighted by Crippen LogP contribution is -2.25. The minimum absolute atomic E-state index is 0.0973. The van der Waals surface area contributed by atoms with Crippen molar-refractivity contribution in [2.45, 2.75) is 39.8 Å². The third-order valence-corrected chi connectivity index (χ3v) is 3.54. The fourth-order valence-electron chi connectivity index (χ4n) is 2.28. The van der Waals surface area contributed by atoms with Gasteiger partial charge in [-0.05, 0) is 37.5 Å². The summed E-state index contributed by atoms with van der Waals surface area (Å²) in [6, 6.07) is 10.2. The maximum Gasteiger partial charge on any atom is 0.268 e. The van der Waals surface area contributed by atoms with Crippen LogP contribution in [0.3, 0.4) is 0 Å². The average molecular weight is 285 g/mol. The Labute approximate surface area is 126 Å². The number of aryl methyl sites for hydroxylation is 1. The van der Waals surface area contributed by atoms with Crippen molar-refractivity contribution < 1.29 is 4.79 Å². The first-order valence-electron chi connectivity index (χ1n) is 7.34. The number of nitrogens with zero attached hydrogens (tertiary/aromatic N) is 1. The molecule has 0 aliphatic carbocycles. The summed E-state index contributed by atoms with van der Waals surface area (Å²) in [6.45, 7) is 6.70. The highest BCUT2D eigenvalue weighted by Gasteiger charge is 2.14. The first kappa shape index (κ1) is 15.2. The molecule has 1 aromatic heterocycles. The van der Waals surface area contributed by atoms with Crippen LogP contribution >= 0.6 is 0 Å². The van der Waals surface area contributed by atoms with Gasteiger partial charge in [0.25, 0.3) is 5.91 Å². The van der Waals surface area contributed by atoms with Gasteiger partial charge in [-0.15, -0.1) is 0 Å². The number of benzene rings is 1. The van der Waals surface area contributed by atoms with E-state index in [4.69, 9.17) is 5.73 Å². The monoisotopic (exact) mass is 285 g/mol. The van der Waals surface area contributed by atoms with Crippen LogP contribution in [0.2, 0.25) is 0 Å². The molecule has 0 bridgehead atoms. The van der Waals surface area contributed by atoms with Crippen LogP contribution in [0.25, 0.3) is 0 Å². The quantitative estimate of drug-likeness (QED) is 0.886. The molecule has 3 N–H and O–H groups in total. The third-order valence-electron chi connectivity index (χ3n) is 3.54. The van der Waals surface area contributed by atoms with Crippen molar-refractivity contribution in [1.82, 2.24) is 9.88 Å². The summed E-state index contributed by atoms with van der Waals surface area (Å²) in [4.78, 5) is 12.3. The SMILES string of the molecule is CCc1ccc(CNC(=O)c2cc(N)cn2C(C)C)cc1. The molecule has 0 radical (unpaired) electrons. The van der Waals surface area contributed by atoms with E-state index in [9.17, 15) is 4.79 Å². The molecule has 21 heavy (non-hydrogen) atoms. The molecule has 0 atom stereocenters. The van der Waals surface area contributed by atoms with E-state index in [1.807, 2.05) is 18.4 Å². The normalized spacial score (nSPS) is 10.9. The minimum atomic E-state index is -0.0973. The summed E-state index contributed by atoms with van der Waals surface area (Å²) >= 11 is 0. The predicted octanol–water partition coefficient (Wildman–Crippen LogP) is 3.14. The molecule has 2 aromatic rings. The van der Waals surface area contributed by atoms with Crippen LogP contribution in [-0.2, 0) is 13.0 Å². The van der Waals surface area contributed by atoms with Crippen molar-refractivity contribution in [3.05, 3.63) is 53.3 Å². The number of carbonyl (C=O) groups is 1. The Hall–Kier alpha value is -2.23. The predicted molar refractivity (Wildman–Crippen MR) is 86.2 cm³/mol. The smallest absolute Gasteiger partial charge is 0.268 e. The fraction of sp³-hybridized carbons (Fsp3) is 0.353. The van der Waals surface area contributed by atoms with Gasteiger partial charge in [0.1, 0.15) is 5.69 Å². The van der Waals surface area contributed by atoms with Crippen LogP contribution in [-0.4, -0.2) is 10.5 Å². The van der Waals surface area contributed by atoms with Gasteiger partial charge in [0.05, 0.1) is 5.69 Å². The third kappa shape index (κ3) is 3.66. The van der Waals surface area contributed by atoms with Gasteiger partial charge in [0, 0.05) is 18.8 Å². The van der Waals surface area contributed by atoms with E-state index in [1.54, 1.807) is 12.3 Å². The number of amides is 1. The maximum absolute atomic E-state index is 12.3. The topological polar surface area (TPSA) is 60.1 Å². The Bertz CT molecular complexity index is 611. The number of nitrogen functional groups attached to an aromatic ring is 1. The molecule has 0 fully saturated rings. The van der Waals surface area contributed by atoms with E-state index in [-0.39, 0.29) is 11.9 Å². The van der Waals surface area contributed by atoms with Crippen molar-refractivity contribution in [1.29, 1.82) is 0 Å². The van der Waals surface area contributed by atoms with Crippen molar-refractivity contribution in [2.24, 2.45) is 0 Å². The highest BCUT2D eigenvalue weighted by molar-refractivity contribution is 5.93. The summed E-state index contributed by atoms with van der Waals surface area (Å²) < 4.78 is 1.89. The van der Waals surface area contributed by atoms with E-state index in [0.29, 0.717) is 17.9 Å². The minimum Gasteiger partial charge on any atom is -0.397 e. The molecule has 1 heterocycles. The Morgan fingerprint density at radius 2 is 1.86 bits per heavy atom. The van der Waals surface area contributed by atoms with Crippen LogP contribution < -0.4 is 11.1 Å². The number of aromatic nitrogens is 1. The van der Waals surface area contributed by atoms with Gasteiger partial charge in [0.15, 0.2) is 0 Å². The number of nitrogens with two attached hydrogens (primary N) is 1. The molecule has 0 spiro atoms. The lowest BCUT2D eigenvalue weighted by Gasteiger charge is -2.12. The molecular formula is C17H23N3O. The lowest BCUT2D eigenvalue weighted by atomic mass is 10.1. The molecule has 2 rings (SSSR count). The Kier molecular flexibility index (Phi) is 4.68. The van der Waals surface area contributed by atoms with E-state index in [1.165, 1.54) is 5.56 Å². The number of hydrogen-bond donors (Lipinski definition) is 2. The molecule has 4 heteroatoms. The zero-order chi connectivity index (χ0) is 15.4. The molecule has 0 saturated heterocycles. The second kappa shape index (κ2) is 6.48. The summed E-state index contributed by atoms with van der Waals surface area (Å²) in [5.74, 6) is -0.0973. The number of hydrogen-bond acceptors (Lipinski definition) is 2. The Morgan fingerprint density at radius 3 is 2.43 bits per heavy atom. The molecule has 0 aliphatic rings. The Morgan fingerprint density at radius 1 is 1.24 bits per heavy atom. The van der Waals surface area contributed by atoms with Crippen molar-refractivity contribution in [2.75, 3.05) is 5.73 Å². The first-order chi connectivity index (χ1) is 10.0. The van der Waals surface area contributed by atoms with Gasteiger partial charge in [0.2, 0.25) is 0 Å². The van der Waals surface area contributed by atoms with Crippen LogP contribution in [0.15, 0.2) is 36.5 Å². The summed E-state index contributed by atoms with van der Waals surface area (Å²) in [5.41, 5.74) is 9.40. The largest absolute Gasteiger partial charge is 0.397 e. The van der Waals surface area contributed by atoms with Crippen LogP contribution in [0.4, 0.5) is 5.69 Å². The van der Waals surface area contributed by atoms with Gasteiger partial charge in [-0.3, -0.25) is 4.79 Å². The summed E-state index contributed by atoms with van der Waals surface area (Å²) in [7, 11) is 0. The number of carbonyl (C=O) groups excluding carboxylic acids is 1. The van der Waals surface area contributed by atoms with E-state index in [2.05, 4.69) is 36.5 Å². The summed E-state index contributed by atoms with van der Waals surface area (Å²) in [6.07, 6.45) is 2.82. The van der Waals surface area contributed by atoms with E-state index >= 15 is 0 Å². The molecular weight excluding hydrogens is 262 g/mol. The van der Waals surface area contributed by atoms with Crippen LogP contribution in [0.5, 0.6) is 0 Å². The highest BCUT2D eigenvalue weighted by Crippen LogP contribution is 2.16. The number of rotatable bonds is 5. The summed E-state index contributed by atoms with van der Waals surface area (Å²) in [5, 5.41) is 2.95. The van der Waals surface area contributed by atoms with E-state index < -0.39 is 0 Å². The van der Waals surface area contributed by atoms with Gasteiger partial charge in [-0.1, -0.05) is 31.2 Å². The molecule has 4 nitrogen and oxygen atoms in total. The zero-order valence-electron chi connectivity index (χ0n) is 12.9. The fourth-order valence-corrected chi connectivity index (χ4v) is 2.28. The molecule has 0 aliphatic heterocycles. The van der Waals surface area contributed by atoms with E-state index in [0.717, 1.165) is 12.0 Å². The number of anilines is 1. The van der Waals surface area contributed by atoms with Crippen LogP contribution in [0, 0.1) is 0 Å². The number of nitrogens with one attached hydrogen (secondary N) is 1. The van der Waals surface area contributed by atoms with Crippen molar-refractivity contribution in [3.63, 3.8) is 0 Å². The van der Waals surface area contributed by atoms with Gasteiger partial charge >= 0.3 is 0 Å². The van der Waals surface area contributed by atoms with Gasteiger partial charge in [-0.2, -0.15) is 0 Å². The van der Waals surface area contributed by atoms with Crippen molar-refractivity contribution in [3.8, 4) is 0 Å². The zero-order valence-corrected chi connectivity index (χ0v) is 12.9. The maximum atomic E-state index is 12.3. The van der Waals surface area contributed by atoms with Gasteiger partial charge < -0.3 is 15.6 Å². The van der Waals surface area contributed by atoms with Crippen LogP contribution in [0.1, 0.15) is 48.4 Å². The second-order valence-electron chi connectivity index (χ2n) is 5.51. The van der Waals surface area contributed by atoms with Crippen molar-refractivity contribution >= 4 is 11.6 Å². The molecule has 1 aromatic carbocycles. The Balaban J connectivity index is 2.04. The molecule has 0 saturated carbocycles. The standard InChI is InChI=1S/C17H23N3O/c1-4-13-5-7-14(8-6-13)10-19-17(21)16-9-15(18)11-20(16)12(2)3/h5-9,11-12H,4,10,18H2,1-3H3,(H,19,21). The average Bonchev–Trinajstić information content (AvgIpc) is 2.87. The van der Waals surface area contributed by atoms with Gasteiger partial charge in [-0.25, -0.2) is 0 Å².